The van der Waals surface area contributed by atoms with Gasteiger partial charge >= 0.3 is 0 Å². The Kier molecular flexibility index (Phi) is 2.10. The molecule has 2 N–H and O–H groups in total. The fourth-order valence-corrected chi connectivity index (χ4v) is 1.58. The molecule has 3 unspecified atom stereocenters. The maximum atomic E-state index is 9.47. The van der Waals surface area contributed by atoms with Crippen LogP contribution in [0.15, 0.2) is 5.11 Å². The van der Waals surface area contributed by atoms with Crippen molar-refractivity contribution in [2.75, 3.05) is 6.61 Å². The molecule has 0 aromatic heterocycles. The van der Waals surface area contributed by atoms with Gasteiger partial charge in [-0.15, -0.1) is 0 Å². The number of aliphatic hydroxyl groups excluding tert-OH is 2. The highest BCUT2D eigenvalue weighted by Crippen LogP contribution is 2.29. The van der Waals surface area contributed by atoms with Crippen LogP contribution in [0.1, 0.15) is 0 Å². The molecule has 2 saturated heterocycles. The lowest BCUT2D eigenvalue weighted by Crippen LogP contribution is -2.52. The number of fused-ring (bicyclic) bond motifs is 2. The van der Waals surface area contributed by atoms with Crippen molar-refractivity contribution in [1.82, 2.24) is 0 Å². The molecular formula is C6H9N3O4. The monoisotopic (exact) mass is 187 g/mol. The fraction of sp³-hybridized carbons (Fsp3) is 1.00. The zero-order valence-corrected chi connectivity index (χ0v) is 6.65. The number of ether oxygens (including phenoxy) is 2. The van der Waals surface area contributed by atoms with Crippen LogP contribution < -0.4 is 0 Å². The Hall–Kier alpha value is -0.850. The van der Waals surface area contributed by atoms with E-state index in [0.717, 1.165) is 0 Å². The SMILES string of the molecule is [N-]=[N+]=NC1C2CO[C@H](O2)[C@@H](O)C1O. The average Bonchev–Trinajstić information content (AvgIpc) is 2.56. The summed E-state index contributed by atoms with van der Waals surface area (Å²) in [7, 11) is 0. The summed E-state index contributed by atoms with van der Waals surface area (Å²) in [5.41, 5.74) is 8.22. The van der Waals surface area contributed by atoms with Crippen molar-refractivity contribution < 1.29 is 19.7 Å². The molecule has 2 fully saturated rings. The highest BCUT2D eigenvalue weighted by molar-refractivity contribution is 4.97. The summed E-state index contributed by atoms with van der Waals surface area (Å²) in [6, 6.07) is -0.765. The summed E-state index contributed by atoms with van der Waals surface area (Å²) < 4.78 is 10.2. The summed E-state index contributed by atoms with van der Waals surface area (Å²) in [6.07, 6.45) is -3.49. The minimum Gasteiger partial charge on any atom is -0.390 e. The van der Waals surface area contributed by atoms with E-state index < -0.39 is 30.6 Å². The van der Waals surface area contributed by atoms with Crippen LogP contribution in [0.5, 0.6) is 0 Å². The lowest BCUT2D eigenvalue weighted by atomic mass is 9.99. The molecule has 2 aliphatic rings. The summed E-state index contributed by atoms with van der Waals surface area (Å²) >= 11 is 0. The first-order valence-electron chi connectivity index (χ1n) is 3.91. The molecule has 72 valence electrons. The van der Waals surface area contributed by atoms with Crippen molar-refractivity contribution >= 4 is 0 Å². The summed E-state index contributed by atoms with van der Waals surface area (Å²) in [5.74, 6) is 0. The number of azide groups is 1. The Balaban J connectivity index is 2.21. The highest BCUT2D eigenvalue weighted by atomic mass is 16.7. The smallest absolute Gasteiger partial charge is 0.186 e. The van der Waals surface area contributed by atoms with Gasteiger partial charge in [-0.05, 0) is 5.53 Å². The Labute approximate surface area is 73.5 Å². The van der Waals surface area contributed by atoms with Gasteiger partial charge in [0.05, 0.1) is 24.9 Å². The first kappa shape index (κ1) is 8.74. The first-order chi connectivity index (χ1) is 6.24. The molecule has 2 heterocycles. The van der Waals surface area contributed by atoms with Gasteiger partial charge in [0.1, 0.15) is 6.10 Å². The summed E-state index contributed by atoms with van der Waals surface area (Å²) in [5, 5.41) is 22.2. The Morgan fingerprint density at radius 3 is 2.85 bits per heavy atom. The van der Waals surface area contributed by atoms with Crippen LogP contribution in [0.4, 0.5) is 0 Å². The third kappa shape index (κ3) is 1.27. The van der Waals surface area contributed by atoms with Gasteiger partial charge in [-0.3, -0.25) is 0 Å². The minimum atomic E-state index is -1.14. The predicted molar refractivity (Wildman–Crippen MR) is 39.6 cm³/mol. The molecule has 7 nitrogen and oxygen atoms in total. The van der Waals surface area contributed by atoms with Crippen molar-refractivity contribution in [1.29, 1.82) is 0 Å². The van der Waals surface area contributed by atoms with Crippen LogP contribution in [0, 0.1) is 0 Å². The van der Waals surface area contributed by atoms with Crippen LogP contribution in [-0.4, -0.2) is 47.5 Å². The zero-order valence-electron chi connectivity index (χ0n) is 6.65. The molecule has 2 aliphatic heterocycles. The summed E-state index contributed by atoms with van der Waals surface area (Å²) in [6.45, 7) is 0.239. The number of nitrogens with zero attached hydrogens (tertiary/aromatic N) is 3. The van der Waals surface area contributed by atoms with Crippen LogP contribution in [0.25, 0.3) is 10.4 Å². The molecular weight excluding hydrogens is 178 g/mol. The van der Waals surface area contributed by atoms with Gasteiger partial charge in [0.15, 0.2) is 6.29 Å². The third-order valence-electron chi connectivity index (χ3n) is 2.28. The molecule has 7 heteroatoms. The van der Waals surface area contributed by atoms with Crippen molar-refractivity contribution in [3.05, 3.63) is 10.4 Å². The highest BCUT2D eigenvalue weighted by Gasteiger charge is 2.49. The first-order valence-corrected chi connectivity index (χ1v) is 3.91. The summed E-state index contributed by atoms with van der Waals surface area (Å²) in [4.78, 5) is 2.58. The van der Waals surface area contributed by atoms with E-state index >= 15 is 0 Å². The number of rotatable bonds is 1. The van der Waals surface area contributed by atoms with Crippen molar-refractivity contribution in [2.45, 2.75) is 30.6 Å². The van der Waals surface area contributed by atoms with E-state index in [-0.39, 0.29) is 6.61 Å². The molecule has 2 bridgehead atoms. The Bertz CT molecular complexity index is 254. The fourth-order valence-electron chi connectivity index (χ4n) is 1.58. The van der Waals surface area contributed by atoms with Crippen LogP contribution in [0.2, 0.25) is 0 Å². The van der Waals surface area contributed by atoms with E-state index in [2.05, 4.69) is 10.0 Å². The second kappa shape index (κ2) is 3.13. The van der Waals surface area contributed by atoms with Crippen molar-refractivity contribution in [3.63, 3.8) is 0 Å². The Morgan fingerprint density at radius 2 is 2.15 bits per heavy atom. The lowest BCUT2D eigenvalue weighted by molar-refractivity contribution is -0.198. The van der Waals surface area contributed by atoms with Crippen LogP contribution in [-0.2, 0) is 9.47 Å². The number of hydrogen-bond donors (Lipinski definition) is 2. The van der Waals surface area contributed by atoms with E-state index in [0.29, 0.717) is 0 Å². The van der Waals surface area contributed by atoms with Crippen molar-refractivity contribution in [2.24, 2.45) is 5.11 Å². The minimum absolute atomic E-state index is 0.239. The lowest BCUT2D eigenvalue weighted by Gasteiger charge is -2.32. The number of hydrogen-bond acceptors (Lipinski definition) is 5. The molecule has 0 spiro atoms. The van der Waals surface area contributed by atoms with Crippen LogP contribution >= 0.6 is 0 Å². The van der Waals surface area contributed by atoms with E-state index in [1.165, 1.54) is 0 Å². The maximum Gasteiger partial charge on any atom is 0.186 e. The normalized spacial score (nSPS) is 48.6. The molecule has 2 rings (SSSR count). The van der Waals surface area contributed by atoms with Gasteiger partial charge in [-0.1, -0.05) is 5.11 Å². The van der Waals surface area contributed by atoms with E-state index in [9.17, 15) is 10.2 Å². The molecule has 5 atom stereocenters. The average molecular weight is 187 g/mol. The molecule has 13 heavy (non-hydrogen) atoms. The number of aliphatic hydroxyl groups is 2. The zero-order chi connectivity index (χ0) is 9.42. The quantitative estimate of drug-likeness (QED) is 0.316. The topological polar surface area (TPSA) is 108 Å². The maximum absolute atomic E-state index is 9.47. The van der Waals surface area contributed by atoms with Gasteiger partial charge < -0.3 is 19.7 Å². The molecule has 0 amide bonds. The van der Waals surface area contributed by atoms with Gasteiger partial charge in [0.25, 0.3) is 0 Å². The molecule has 0 aromatic rings. The second-order valence-electron chi connectivity index (χ2n) is 3.05. The van der Waals surface area contributed by atoms with Gasteiger partial charge in [0, 0.05) is 4.91 Å². The second-order valence-corrected chi connectivity index (χ2v) is 3.05. The van der Waals surface area contributed by atoms with E-state index in [1.807, 2.05) is 0 Å². The van der Waals surface area contributed by atoms with Crippen LogP contribution in [0.3, 0.4) is 0 Å². The van der Waals surface area contributed by atoms with Gasteiger partial charge in [-0.2, -0.15) is 0 Å². The van der Waals surface area contributed by atoms with E-state index in [1.54, 1.807) is 0 Å². The molecule has 0 saturated carbocycles. The molecule has 0 radical (unpaired) electrons. The van der Waals surface area contributed by atoms with Crippen molar-refractivity contribution in [3.8, 4) is 0 Å². The Morgan fingerprint density at radius 1 is 1.38 bits per heavy atom. The molecule has 0 aliphatic carbocycles. The molecule has 0 aromatic carbocycles. The largest absolute Gasteiger partial charge is 0.390 e. The predicted octanol–water partition coefficient (Wildman–Crippen LogP) is -0.858. The van der Waals surface area contributed by atoms with Gasteiger partial charge in [0.2, 0.25) is 0 Å². The third-order valence-corrected chi connectivity index (χ3v) is 2.28. The van der Waals surface area contributed by atoms with E-state index in [4.69, 9.17) is 15.0 Å². The van der Waals surface area contributed by atoms with Gasteiger partial charge in [-0.25, -0.2) is 0 Å². The standard InChI is InChI=1S/C6H9N3O4/c7-9-8-3-2-1-12-6(13-2)5(11)4(3)10/h2-6,10-11H,1H2/t2?,3?,4?,5-,6+/m0/s1.